The minimum absolute atomic E-state index is 0.462. The molecule has 0 aromatic rings. The van der Waals surface area contributed by atoms with Gasteiger partial charge in [0, 0.05) is 5.71 Å². The van der Waals surface area contributed by atoms with Crippen molar-refractivity contribution < 1.29 is 0 Å². The van der Waals surface area contributed by atoms with Crippen LogP contribution in [0.2, 0.25) is 0 Å². The van der Waals surface area contributed by atoms with Crippen LogP contribution in [0.3, 0.4) is 0 Å². The van der Waals surface area contributed by atoms with Gasteiger partial charge in [-0.3, -0.25) is 0 Å². The summed E-state index contributed by atoms with van der Waals surface area (Å²) >= 11 is 0. The second kappa shape index (κ2) is 2.45. The summed E-state index contributed by atoms with van der Waals surface area (Å²) in [6.45, 7) is 4.58. The van der Waals surface area contributed by atoms with Gasteiger partial charge in [-0.2, -0.15) is 0 Å². The molecule has 2 aliphatic carbocycles. The molecule has 3 atom stereocenters. The standard InChI is InChI=1S/C11H17N/c1-3-8-6-9(12)4-5-11(2)7-10(8)11/h4-5,8,10,12H,3,6-7H2,1-2H3. The largest absolute Gasteiger partial charge is 0.305 e. The van der Waals surface area contributed by atoms with Gasteiger partial charge in [-0.25, -0.2) is 0 Å². The van der Waals surface area contributed by atoms with Crippen LogP contribution in [-0.2, 0) is 0 Å². The van der Waals surface area contributed by atoms with E-state index in [0.29, 0.717) is 5.41 Å². The quantitative estimate of drug-likeness (QED) is 0.614. The van der Waals surface area contributed by atoms with Crippen molar-refractivity contribution >= 4 is 5.71 Å². The van der Waals surface area contributed by atoms with Crippen molar-refractivity contribution in [2.24, 2.45) is 17.3 Å². The molecule has 0 spiro atoms. The van der Waals surface area contributed by atoms with Crippen molar-refractivity contribution in [3.05, 3.63) is 12.2 Å². The van der Waals surface area contributed by atoms with E-state index in [-0.39, 0.29) is 0 Å². The Morgan fingerprint density at radius 1 is 1.67 bits per heavy atom. The predicted molar refractivity (Wildman–Crippen MR) is 51.5 cm³/mol. The fraction of sp³-hybridized carbons (Fsp3) is 0.727. The third kappa shape index (κ3) is 1.12. The van der Waals surface area contributed by atoms with Gasteiger partial charge < -0.3 is 5.41 Å². The lowest BCUT2D eigenvalue weighted by atomic mass is 9.92. The molecule has 0 aromatic carbocycles. The zero-order valence-electron chi connectivity index (χ0n) is 7.93. The maximum atomic E-state index is 7.67. The number of nitrogens with one attached hydrogen (secondary N) is 1. The van der Waals surface area contributed by atoms with E-state index in [1.165, 1.54) is 12.8 Å². The average molecular weight is 163 g/mol. The van der Waals surface area contributed by atoms with Crippen LogP contribution < -0.4 is 0 Å². The van der Waals surface area contributed by atoms with E-state index in [4.69, 9.17) is 5.41 Å². The highest BCUT2D eigenvalue weighted by Crippen LogP contribution is 2.59. The summed E-state index contributed by atoms with van der Waals surface area (Å²) in [6, 6.07) is 0. The molecule has 2 rings (SSSR count). The lowest BCUT2D eigenvalue weighted by Crippen LogP contribution is -2.07. The van der Waals surface area contributed by atoms with Crippen LogP contribution >= 0.6 is 0 Å². The van der Waals surface area contributed by atoms with Crippen molar-refractivity contribution in [2.75, 3.05) is 0 Å². The highest BCUT2D eigenvalue weighted by atomic mass is 14.6. The number of rotatable bonds is 1. The van der Waals surface area contributed by atoms with Crippen LogP contribution in [0.25, 0.3) is 0 Å². The fourth-order valence-electron chi connectivity index (χ4n) is 2.52. The van der Waals surface area contributed by atoms with Gasteiger partial charge in [0.25, 0.3) is 0 Å². The monoisotopic (exact) mass is 163 g/mol. The van der Waals surface area contributed by atoms with E-state index in [9.17, 15) is 0 Å². The van der Waals surface area contributed by atoms with Gasteiger partial charge in [0.05, 0.1) is 0 Å². The molecular formula is C11H17N. The first kappa shape index (κ1) is 8.03. The second-order valence-corrected chi connectivity index (χ2v) is 4.55. The molecule has 1 saturated carbocycles. The third-order valence-electron chi connectivity index (χ3n) is 3.59. The molecule has 12 heavy (non-hydrogen) atoms. The smallest absolute Gasteiger partial charge is 0.0313 e. The maximum absolute atomic E-state index is 7.67. The number of hydrogen-bond donors (Lipinski definition) is 1. The molecule has 0 saturated heterocycles. The number of fused-ring (bicyclic) bond motifs is 1. The zero-order chi connectivity index (χ0) is 8.77. The normalized spacial score (nSPS) is 45.3. The van der Waals surface area contributed by atoms with Crippen molar-refractivity contribution in [3.8, 4) is 0 Å². The molecule has 2 aliphatic rings. The van der Waals surface area contributed by atoms with E-state index < -0.39 is 0 Å². The Labute approximate surface area is 74.4 Å². The summed E-state index contributed by atoms with van der Waals surface area (Å²) in [6.07, 6.45) is 7.89. The Kier molecular flexibility index (Phi) is 1.64. The van der Waals surface area contributed by atoms with Crippen LogP contribution in [0.5, 0.6) is 0 Å². The Balaban J connectivity index is 2.19. The molecule has 0 radical (unpaired) electrons. The van der Waals surface area contributed by atoms with E-state index >= 15 is 0 Å². The Morgan fingerprint density at radius 3 is 3.08 bits per heavy atom. The van der Waals surface area contributed by atoms with Crippen LogP contribution in [-0.4, -0.2) is 5.71 Å². The van der Waals surface area contributed by atoms with Crippen molar-refractivity contribution in [1.29, 1.82) is 5.41 Å². The van der Waals surface area contributed by atoms with Crippen molar-refractivity contribution in [1.82, 2.24) is 0 Å². The SMILES string of the molecule is CCC1CC(=N)C=CC2(C)CC12. The summed E-state index contributed by atoms with van der Waals surface area (Å²) in [4.78, 5) is 0. The van der Waals surface area contributed by atoms with E-state index in [0.717, 1.165) is 24.0 Å². The first-order chi connectivity index (χ1) is 5.65. The molecule has 0 bridgehead atoms. The van der Waals surface area contributed by atoms with Gasteiger partial charge in [0.15, 0.2) is 0 Å². The fourth-order valence-corrected chi connectivity index (χ4v) is 2.52. The first-order valence-corrected chi connectivity index (χ1v) is 4.92. The van der Waals surface area contributed by atoms with Gasteiger partial charge >= 0.3 is 0 Å². The molecule has 0 heterocycles. The molecule has 0 aromatic heterocycles. The topological polar surface area (TPSA) is 23.9 Å². The van der Waals surface area contributed by atoms with E-state index in [2.05, 4.69) is 19.9 Å². The third-order valence-corrected chi connectivity index (χ3v) is 3.59. The van der Waals surface area contributed by atoms with Gasteiger partial charge in [0.2, 0.25) is 0 Å². The van der Waals surface area contributed by atoms with Crippen LogP contribution in [0.15, 0.2) is 12.2 Å². The van der Waals surface area contributed by atoms with Crippen molar-refractivity contribution in [3.63, 3.8) is 0 Å². The summed E-state index contributed by atoms with van der Waals surface area (Å²) in [5, 5.41) is 7.67. The molecule has 0 aliphatic heterocycles. The lowest BCUT2D eigenvalue weighted by molar-refractivity contribution is 0.417. The predicted octanol–water partition coefficient (Wildman–Crippen LogP) is 3.02. The molecule has 0 amide bonds. The summed E-state index contributed by atoms with van der Waals surface area (Å²) in [5.41, 5.74) is 1.29. The highest BCUT2D eigenvalue weighted by molar-refractivity contribution is 5.93. The molecule has 1 fully saturated rings. The Morgan fingerprint density at radius 2 is 2.42 bits per heavy atom. The summed E-state index contributed by atoms with van der Waals surface area (Å²) in [7, 11) is 0. The zero-order valence-corrected chi connectivity index (χ0v) is 7.93. The second-order valence-electron chi connectivity index (χ2n) is 4.55. The van der Waals surface area contributed by atoms with Gasteiger partial charge in [-0.15, -0.1) is 0 Å². The molecular weight excluding hydrogens is 146 g/mol. The summed E-state index contributed by atoms with van der Waals surface area (Å²) < 4.78 is 0. The Bertz CT molecular complexity index is 241. The minimum Gasteiger partial charge on any atom is -0.305 e. The summed E-state index contributed by atoms with van der Waals surface area (Å²) in [5.74, 6) is 1.65. The van der Waals surface area contributed by atoms with Crippen molar-refractivity contribution in [2.45, 2.75) is 33.1 Å². The molecule has 3 unspecified atom stereocenters. The van der Waals surface area contributed by atoms with Gasteiger partial charge in [-0.1, -0.05) is 26.3 Å². The number of hydrogen-bond acceptors (Lipinski definition) is 1. The van der Waals surface area contributed by atoms with Gasteiger partial charge in [-0.05, 0) is 36.2 Å². The van der Waals surface area contributed by atoms with Crippen LogP contribution in [0.1, 0.15) is 33.1 Å². The van der Waals surface area contributed by atoms with Gasteiger partial charge in [0.1, 0.15) is 0 Å². The van der Waals surface area contributed by atoms with Crippen LogP contribution in [0, 0.1) is 22.7 Å². The van der Waals surface area contributed by atoms with E-state index in [1.54, 1.807) is 0 Å². The molecule has 1 heteroatoms. The average Bonchev–Trinajstić information content (AvgIpc) is 2.71. The maximum Gasteiger partial charge on any atom is 0.0313 e. The lowest BCUT2D eigenvalue weighted by Gasteiger charge is -2.13. The van der Waals surface area contributed by atoms with Crippen LogP contribution in [0.4, 0.5) is 0 Å². The Hall–Kier alpha value is -0.590. The minimum atomic E-state index is 0.462. The number of allylic oxidation sites excluding steroid dienone is 2. The molecule has 66 valence electrons. The first-order valence-electron chi connectivity index (χ1n) is 4.92. The van der Waals surface area contributed by atoms with E-state index in [1.807, 2.05) is 6.08 Å². The molecule has 1 N–H and O–H groups in total. The molecule has 1 nitrogen and oxygen atoms in total. The highest BCUT2D eigenvalue weighted by Gasteiger charge is 2.52.